The molecule has 0 amide bonds. The highest BCUT2D eigenvalue weighted by Gasteiger charge is 2.22. The van der Waals surface area contributed by atoms with E-state index in [0.717, 1.165) is 24.5 Å². The minimum atomic E-state index is 0.269. The van der Waals surface area contributed by atoms with Gasteiger partial charge in [0.25, 0.3) is 0 Å². The number of hydrogen-bond donors (Lipinski definition) is 1. The molecular formula is C12H16O2. The average Bonchev–Trinajstić information content (AvgIpc) is 2.99. The molecule has 1 aliphatic carbocycles. The van der Waals surface area contributed by atoms with E-state index in [0.29, 0.717) is 5.75 Å². The molecule has 76 valence electrons. The number of phenolic OH excluding ortho intramolecular Hbond substituents is 1. The molecule has 1 aliphatic rings. The fourth-order valence-corrected chi connectivity index (χ4v) is 1.40. The molecule has 1 aromatic rings. The predicted molar refractivity (Wildman–Crippen MR) is 55.7 cm³/mol. The lowest BCUT2D eigenvalue weighted by Crippen LogP contribution is -1.99. The summed E-state index contributed by atoms with van der Waals surface area (Å²) >= 11 is 0. The maximum Gasteiger partial charge on any atom is 0.160 e. The van der Waals surface area contributed by atoms with Crippen LogP contribution in [0.2, 0.25) is 0 Å². The summed E-state index contributed by atoms with van der Waals surface area (Å²) < 4.78 is 5.51. The van der Waals surface area contributed by atoms with Gasteiger partial charge in [0.15, 0.2) is 11.5 Å². The van der Waals surface area contributed by atoms with Gasteiger partial charge in [0.1, 0.15) is 0 Å². The molecule has 0 bridgehead atoms. The van der Waals surface area contributed by atoms with Gasteiger partial charge in [-0.3, -0.25) is 0 Å². The Kier molecular flexibility index (Phi) is 2.62. The van der Waals surface area contributed by atoms with Crippen LogP contribution < -0.4 is 4.74 Å². The second-order valence-electron chi connectivity index (χ2n) is 3.91. The van der Waals surface area contributed by atoms with Crippen LogP contribution in [0.4, 0.5) is 0 Å². The van der Waals surface area contributed by atoms with Crippen molar-refractivity contribution in [3.8, 4) is 11.5 Å². The molecule has 2 heteroatoms. The van der Waals surface area contributed by atoms with E-state index in [1.807, 2.05) is 12.1 Å². The monoisotopic (exact) mass is 192 g/mol. The van der Waals surface area contributed by atoms with Crippen LogP contribution in [0.5, 0.6) is 11.5 Å². The van der Waals surface area contributed by atoms with Crippen molar-refractivity contribution >= 4 is 0 Å². The molecule has 0 aromatic heterocycles. The Morgan fingerprint density at radius 1 is 1.43 bits per heavy atom. The summed E-state index contributed by atoms with van der Waals surface area (Å²) in [5.74, 6) is 1.61. The predicted octanol–water partition coefficient (Wildman–Crippen LogP) is 2.74. The first-order valence-electron chi connectivity index (χ1n) is 5.24. The van der Waals surface area contributed by atoms with Crippen molar-refractivity contribution in [3.05, 3.63) is 23.8 Å². The van der Waals surface area contributed by atoms with Crippen molar-refractivity contribution in [3.63, 3.8) is 0 Å². The van der Waals surface area contributed by atoms with Crippen molar-refractivity contribution in [2.75, 3.05) is 6.61 Å². The summed E-state index contributed by atoms with van der Waals surface area (Å²) in [5, 5.41) is 9.63. The summed E-state index contributed by atoms with van der Waals surface area (Å²) in [6.07, 6.45) is 3.48. The zero-order valence-corrected chi connectivity index (χ0v) is 8.49. The van der Waals surface area contributed by atoms with E-state index in [4.69, 9.17) is 4.74 Å². The third-order valence-electron chi connectivity index (χ3n) is 2.60. The molecule has 1 fully saturated rings. The van der Waals surface area contributed by atoms with Gasteiger partial charge < -0.3 is 9.84 Å². The number of phenols is 1. The lowest BCUT2D eigenvalue weighted by atomic mass is 10.1. The maximum absolute atomic E-state index is 9.63. The van der Waals surface area contributed by atoms with Crippen molar-refractivity contribution < 1.29 is 9.84 Å². The molecule has 2 rings (SSSR count). The first kappa shape index (κ1) is 9.38. The SMILES string of the molecule is CCc1ccc(OCC2CC2)c(O)c1. The number of aryl methyl sites for hydroxylation is 1. The molecule has 1 aromatic carbocycles. The fourth-order valence-electron chi connectivity index (χ4n) is 1.40. The van der Waals surface area contributed by atoms with Crippen LogP contribution in [0.25, 0.3) is 0 Å². The van der Waals surface area contributed by atoms with Gasteiger partial charge in [-0.15, -0.1) is 0 Å². The highest BCUT2D eigenvalue weighted by Crippen LogP contribution is 2.32. The third kappa shape index (κ3) is 2.19. The van der Waals surface area contributed by atoms with Crippen LogP contribution >= 0.6 is 0 Å². The van der Waals surface area contributed by atoms with Crippen molar-refractivity contribution in [2.45, 2.75) is 26.2 Å². The van der Waals surface area contributed by atoms with Gasteiger partial charge in [0.2, 0.25) is 0 Å². The van der Waals surface area contributed by atoms with Crippen LogP contribution in [0.3, 0.4) is 0 Å². The molecule has 0 spiro atoms. The number of benzene rings is 1. The lowest BCUT2D eigenvalue weighted by molar-refractivity contribution is 0.284. The molecule has 0 radical (unpaired) electrons. The van der Waals surface area contributed by atoms with E-state index >= 15 is 0 Å². The average molecular weight is 192 g/mol. The Labute approximate surface area is 84.5 Å². The second-order valence-corrected chi connectivity index (χ2v) is 3.91. The van der Waals surface area contributed by atoms with E-state index in [-0.39, 0.29) is 5.75 Å². The Hall–Kier alpha value is -1.18. The number of hydrogen-bond acceptors (Lipinski definition) is 2. The second kappa shape index (κ2) is 3.91. The van der Waals surface area contributed by atoms with Crippen molar-refractivity contribution in [2.24, 2.45) is 5.92 Å². The Morgan fingerprint density at radius 3 is 2.79 bits per heavy atom. The molecule has 0 saturated heterocycles. The summed E-state index contributed by atoms with van der Waals surface area (Å²) in [6, 6.07) is 5.64. The van der Waals surface area contributed by atoms with Gasteiger partial charge in [-0.1, -0.05) is 13.0 Å². The van der Waals surface area contributed by atoms with Crippen LogP contribution in [0.15, 0.2) is 18.2 Å². The first-order valence-corrected chi connectivity index (χ1v) is 5.24. The van der Waals surface area contributed by atoms with Gasteiger partial charge in [-0.25, -0.2) is 0 Å². The van der Waals surface area contributed by atoms with Crippen molar-refractivity contribution in [1.29, 1.82) is 0 Å². The summed E-state index contributed by atoms with van der Waals surface area (Å²) in [7, 11) is 0. The zero-order valence-electron chi connectivity index (χ0n) is 8.49. The quantitative estimate of drug-likeness (QED) is 0.794. The molecule has 2 nitrogen and oxygen atoms in total. The van der Waals surface area contributed by atoms with E-state index in [1.54, 1.807) is 6.07 Å². The number of ether oxygens (including phenoxy) is 1. The highest BCUT2D eigenvalue weighted by molar-refractivity contribution is 5.41. The minimum absolute atomic E-state index is 0.269. The summed E-state index contributed by atoms with van der Waals surface area (Å²) in [4.78, 5) is 0. The molecule has 0 heterocycles. The fraction of sp³-hybridized carbons (Fsp3) is 0.500. The van der Waals surface area contributed by atoms with Crippen LogP contribution in [-0.4, -0.2) is 11.7 Å². The third-order valence-corrected chi connectivity index (χ3v) is 2.60. The van der Waals surface area contributed by atoms with Crippen LogP contribution in [0.1, 0.15) is 25.3 Å². The van der Waals surface area contributed by atoms with E-state index in [1.165, 1.54) is 12.8 Å². The molecule has 14 heavy (non-hydrogen) atoms. The lowest BCUT2D eigenvalue weighted by Gasteiger charge is -2.08. The van der Waals surface area contributed by atoms with Gasteiger partial charge >= 0.3 is 0 Å². The van der Waals surface area contributed by atoms with Crippen LogP contribution in [-0.2, 0) is 6.42 Å². The number of rotatable bonds is 4. The summed E-state index contributed by atoms with van der Waals surface area (Å²) in [5.41, 5.74) is 1.14. The topological polar surface area (TPSA) is 29.5 Å². The van der Waals surface area contributed by atoms with Gasteiger partial charge in [0, 0.05) is 0 Å². The molecule has 1 saturated carbocycles. The zero-order chi connectivity index (χ0) is 9.97. The van der Waals surface area contributed by atoms with Gasteiger partial charge in [0.05, 0.1) is 6.61 Å². The Morgan fingerprint density at radius 2 is 2.21 bits per heavy atom. The Bertz CT molecular complexity index is 316. The molecule has 0 unspecified atom stereocenters. The maximum atomic E-state index is 9.63. The number of aromatic hydroxyl groups is 1. The normalized spacial score (nSPS) is 15.5. The minimum Gasteiger partial charge on any atom is -0.504 e. The molecule has 0 atom stereocenters. The summed E-state index contributed by atoms with van der Waals surface area (Å²) in [6.45, 7) is 2.82. The molecular weight excluding hydrogens is 176 g/mol. The standard InChI is InChI=1S/C12H16O2/c1-2-9-5-6-12(11(13)7-9)14-8-10-3-4-10/h5-7,10,13H,2-4,8H2,1H3. The smallest absolute Gasteiger partial charge is 0.160 e. The largest absolute Gasteiger partial charge is 0.504 e. The van der Waals surface area contributed by atoms with E-state index < -0.39 is 0 Å². The highest BCUT2D eigenvalue weighted by atomic mass is 16.5. The molecule has 0 aliphatic heterocycles. The van der Waals surface area contributed by atoms with Crippen LogP contribution in [0, 0.1) is 5.92 Å². The van der Waals surface area contributed by atoms with Crippen molar-refractivity contribution in [1.82, 2.24) is 0 Å². The van der Waals surface area contributed by atoms with E-state index in [9.17, 15) is 5.11 Å². The Balaban J connectivity index is 2.01. The van der Waals surface area contributed by atoms with E-state index in [2.05, 4.69) is 6.92 Å². The molecule has 1 N–H and O–H groups in total. The van der Waals surface area contributed by atoms with Gasteiger partial charge in [-0.2, -0.15) is 0 Å². The van der Waals surface area contributed by atoms with Gasteiger partial charge in [-0.05, 0) is 42.9 Å². The first-order chi connectivity index (χ1) is 6.79.